The molecule has 2 amide bonds. The molecule has 3 atom stereocenters. The number of aliphatic hydroxyl groups is 1. The van der Waals surface area contributed by atoms with E-state index in [2.05, 4.69) is 53.1 Å². The number of nitrogens with two attached hydrogens (primary N) is 1. The lowest BCUT2D eigenvalue weighted by molar-refractivity contribution is -0.168. The number of carbonyl (C=O) groups is 2. The van der Waals surface area contributed by atoms with Gasteiger partial charge in [-0.1, -0.05) is 54.6 Å². The number of benzene rings is 3. The van der Waals surface area contributed by atoms with E-state index in [1.807, 2.05) is 25.1 Å². The number of aliphatic hydroxyl groups excluding tert-OH is 1. The molecular formula is C38H47N3O7. The number of anilines is 2. The number of nitrogens with one attached hydrogen (secondary N) is 2. The zero-order valence-electron chi connectivity index (χ0n) is 27.6. The zero-order valence-corrected chi connectivity index (χ0v) is 27.6. The molecule has 48 heavy (non-hydrogen) atoms. The molecule has 1 aliphatic heterocycles. The summed E-state index contributed by atoms with van der Waals surface area (Å²) in [5.74, 6) is -0.447. The van der Waals surface area contributed by atoms with Gasteiger partial charge in [0.05, 0.1) is 37.8 Å². The summed E-state index contributed by atoms with van der Waals surface area (Å²) in [5, 5.41) is 14.8. The van der Waals surface area contributed by atoms with Crippen molar-refractivity contribution >= 4 is 23.2 Å². The second-order valence-corrected chi connectivity index (χ2v) is 12.0. The standard InChI is InChI=1S/C38H47N3O7/c1-2-47-38-30(17-20-45-22-23-46-21-19-42)32(29-13-9-12-28-27-11-4-3-10-26(27)24-31(28)29)25-35(48-38)37(44)40-18-8-7-16-36(43)41-34-15-6-5-14-33(34)39/h3-6,9-15,25,30,32,38,42H,2,7-8,16-24,39H2,1H3,(H,40,44)(H,41,43)/t30-,32-,38-/m1/s1. The summed E-state index contributed by atoms with van der Waals surface area (Å²) in [7, 11) is 0. The fraction of sp³-hybridized carbons (Fsp3) is 0.421. The van der Waals surface area contributed by atoms with E-state index in [1.54, 1.807) is 12.1 Å². The molecule has 5 N–H and O–H groups in total. The van der Waals surface area contributed by atoms with Gasteiger partial charge in [-0.3, -0.25) is 9.59 Å². The molecular weight excluding hydrogens is 610 g/mol. The van der Waals surface area contributed by atoms with Gasteiger partial charge in [0.25, 0.3) is 5.91 Å². The van der Waals surface area contributed by atoms with Crippen LogP contribution in [0.25, 0.3) is 11.1 Å². The summed E-state index contributed by atoms with van der Waals surface area (Å²) in [6, 6.07) is 22.0. The largest absolute Gasteiger partial charge is 0.459 e. The van der Waals surface area contributed by atoms with E-state index in [1.165, 1.54) is 22.3 Å². The Morgan fingerprint density at radius 2 is 1.71 bits per heavy atom. The highest BCUT2D eigenvalue weighted by atomic mass is 16.7. The zero-order chi connectivity index (χ0) is 33.7. The Morgan fingerprint density at radius 1 is 0.938 bits per heavy atom. The SMILES string of the molecule is CCO[C@@H]1OC(C(=O)NCCCCC(=O)Nc2ccccc2N)=C[C@H](c2cccc3c2Cc2ccccc2-3)[C@H]1CCOCCOCCO. The first kappa shape index (κ1) is 35.1. The number of carbonyl (C=O) groups excluding carboxylic acids is 2. The van der Waals surface area contributed by atoms with Gasteiger partial charge in [-0.05, 0) is 78.6 Å². The third kappa shape index (κ3) is 9.02. The second kappa shape index (κ2) is 17.8. The van der Waals surface area contributed by atoms with Gasteiger partial charge in [-0.2, -0.15) is 0 Å². The maximum absolute atomic E-state index is 13.5. The number of allylic oxidation sites excluding steroid dienone is 1. The summed E-state index contributed by atoms with van der Waals surface area (Å²) in [6.45, 7) is 4.29. The Morgan fingerprint density at radius 3 is 2.52 bits per heavy atom. The van der Waals surface area contributed by atoms with Gasteiger partial charge in [-0.25, -0.2) is 0 Å². The predicted octanol–water partition coefficient (Wildman–Crippen LogP) is 5.16. The normalized spacial score (nSPS) is 18.0. The molecule has 0 fully saturated rings. The number of hydrogen-bond donors (Lipinski definition) is 4. The Balaban J connectivity index is 1.27. The molecule has 0 saturated carbocycles. The van der Waals surface area contributed by atoms with Crippen molar-refractivity contribution in [2.45, 2.75) is 51.2 Å². The van der Waals surface area contributed by atoms with Crippen molar-refractivity contribution in [2.24, 2.45) is 5.92 Å². The lowest BCUT2D eigenvalue weighted by atomic mass is 9.78. The first-order valence-electron chi connectivity index (χ1n) is 16.9. The highest BCUT2D eigenvalue weighted by Crippen LogP contribution is 2.45. The molecule has 0 radical (unpaired) electrons. The van der Waals surface area contributed by atoms with Crippen LogP contribution in [0.2, 0.25) is 0 Å². The van der Waals surface area contributed by atoms with E-state index in [0.29, 0.717) is 70.0 Å². The Kier molecular flexibility index (Phi) is 13.0. The average Bonchev–Trinajstić information content (AvgIpc) is 3.48. The van der Waals surface area contributed by atoms with Crippen molar-refractivity contribution in [3.05, 3.63) is 95.3 Å². The van der Waals surface area contributed by atoms with E-state index >= 15 is 0 Å². The fourth-order valence-electron chi connectivity index (χ4n) is 6.42. The lowest BCUT2D eigenvalue weighted by Gasteiger charge is -2.37. The topological polar surface area (TPSA) is 141 Å². The molecule has 0 unspecified atom stereocenters. The van der Waals surface area contributed by atoms with Crippen molar-refractivity contribution in [3.63, 3.8) is 0 Å². The number of ether oxygens (including phenoxy) is 4. The van der Waals surface area contributed by atoms with Crippen LogP contribution < -0.4 is 16.4 Å². The number of nitrogen functional groups attached to an aromatic ring is 1. The average molecular weight is 658 g/mol. The predicted molar refractivity (Wildman–Crippen MR) is 185 cm³/mol. The minimum absolute atomic E-state index is 0.0213. The summed E-state index contributed by atoms with van der Waals surface area (Å²) < 4.78 is 23.6. The summed E-state index contributed by atoms with van der Waals surface area (Å²) in [5.41, 5.74) is 13.2. The molecule has 256 valence electrons. The molecule has 2 aliphatic rings. The second-order valence-electron chi connectivity index (χ2n) is 12.0. The highest BCUT2D eigenvalue weighted by Gasteiger charge is 2.39. The van der Waals surface area contributed by atoms with Crippen LogP contribution in [-0.4, -0.2) is 69.4 Å². The summed E-state index contributed by atoms with van der Waals surface area (Å²) in [6.07, 6.45) is 4.31. The Bertz CT molecular complexity index is 1560. The third-order valence-corrected chi connectivity index (χ3v) is 8.74. The molecule has 0 aromatic heterocycles. The molecule has 10 heteroatoms. The van der Waals surface area contributed by atoms with E-state index in [-0.39, 0.29) is 42.6 Å². The van der Waals surface area contributed by atoms with Gasteiger partial charge in [0.2, 0.25) is 12.2 Å². The van der Waals surface area contributed by atoms with Crippen LogP contribution in [0, 0.1) is 5.92 Å². The van der Waals surface area contributed by atoms with Crippen LogP contribution in [0.5, 0.6) is 0 Å². The molecule has 1 heterocycles. The molecule has 3 aromatic rings. The maximum Gasteiger partial charge on any atom is 0.286 e. The van der Waals surface area contributed by atoms with Crippen LogP contribution in [0.4, 0.5) is 11.4 Å². The molecule has 3 aromatic carbocycles. The molecule has 10 nitrogen and oxygen atoms in total. The highest BCUT2D eigenvalue weighted by molar-refractivity contribution is 5.94. The van der Waals surface area contributed by atoms with E-state index < -0.39 is 6.29 Å². The Labute approximate surface area is 282 Å². The molecule has 0 spiro atoms. The number of rotatable bonds is 18. The first-order chi connectivity index (χ1) is 23.5. The smallest absolute Gasteiger partial charge is 0.286 e. The summed E-state index contributed by atoms with van der Waals surface area (Å²) >= 11 is 0. The Hall–Kier alpha value is -4.22. The summed E-state index contributed by atoms with van der Waals surface area (Å²) in [4.78, 5) is 25.9. The van der Waals surface area contributed by atoms with Crippen LogP contribution >= 0.6 is 0 Å². The van der Waals surface area contributed by atoms with E-state index in [4.69, 9.17) is 29.8 Å². The van der Waals surface area contributed by atoms with Gasteiger partial charge >= 0.3 is 0 Å². The minimum atomic E-state index is -0.645. The van der Waals surface area contributed by atoms with Gasteiger partial charge in [0, 0.05) is 38.0 Å². The van der Waals surface area contributed by atoms with Crippen molar-refractivity contribution in [1.82, 2.24) is 5.32 Å². The van der Waals surface area contributed by atoms with Crippen LogP contribution in [0.3, 0.4) is 0 Å². The monoisotopic (exact) mass is 657 g/mol. The number of para-hydroxylation sites is 2. The van der Waals surface area contributed by atoms with Gasteiger partial charge in [0.15, 0.2) is 5.76 Å². The number of fused-ring (bicyclic) bond motifs is 3. The minimum Gasteiger partial charge on any atom is -0.459 e. The molecule has 5 rings (SSSR count). The number of amides is 2. The van der Waals surface area contributed by atoms with Gasteiger partial charge in [-0.15, -0.1) is 0 Å². The van der Waals surface area contributed by atoms with Crippen LogP contribution in [0.15, 0.2) is 78.6 Å². The van der Waals surface area contributed by atoms with Crippen molar-refractivity contribution < 1.29 is 33.6 Å². The van der Waals surface area contributed by atoms with E-state index in [0.717, 1.165) is 12.0 Å². The quantitative estimate of drug-likeness (QED) is 0.0850. The van der Waals surface area contributed by atoms with Crippen molar-refractivity contribution in [1.29, 1.82) is 0 Å². The fourth-order valence-corrected chi connectivity index (χ4v) is 6.42. The van der Waals surface area contributed by atoms with E-state index in [9.17, 15) is 9.59 Å². The first-order valence-corrected chi connectivity index (χ1v) is 16.9. The van der Waals surface area contributed by atoms with Crippen molar-refractivity contribution in [2.75, 3.05) is 57.2 Å². The maximum atomic E-state index is 13.5. The molecule has 0 saturated heterocycles. The van der Waals surface area contributed by atoms with Crippen LogP contribution in [-0.2, 0) is 35.0 Å². The van der Waals surface area contributed by atoms with Gasteiger partial charge < -0.3 is 40.4 Å². The van der Waals surface area contributed by atoms with Crippen molar-refractivity contribution in [3.8, 4) is 11.1 Å². The lowest BCUT2D eigenvalue weighted by Crippen LogP contribution is -2.39. The number of hydrogen-bond acceptors (Lipinski definition) is 8. The van der Waals surface area contributed by atoms with Crippen LogP contribution in [0.1, 0.15) is 55.2 Å². The van der Waals surface area contributed by atoms with Gasteiger partial charge in [0.1, 0.15) is 0 Å². The molecule has 0 bridgehead atoms. The third-order valence-electron chi connectivity index (χ3n) is 8.74. The molecule has 1 aliphatic carbocycles. The number of unbranched alkanes of at least 4 members (excludes halogenated alkanes) is 1.